The lowest BCUT2D eigenvalue weighted by Crippen LogP contribution is -2.48. The minimum absolute atomic E-state index is 0. The summed E-state index contributed by atoms with van der Waals surface area (Å²) in [5.41, 5.74) is 1.13. The minimum atomic E-state index is 0. The average Bonchev–Trinajstić information content (AvgIpc) is 3.25. The number of halogens is 1. The molecule has 2 aromatic rings. The van der Waals surface area contributed by atoms with E-state index < -0.39 is 0 Å². The molecule has 0 saturated carbocycles. The van der Waals surface area contributed by atoms with Crippen molar-refractivity contribution in [3.8, 4) is 11.5 Å². The summed E-state index contributed by atoms with van der Waals surface area (Å²) in [6, 6.07) is 6.41. The third kappa shape index (κ3) is 5.76. The molecule has 32 heavy (non-hydrogen) atoms. The largest absolute Gasteiger partial charge is 0.497 e. The van der Waals surface area contributed by atoms with Crippen molar-refractivity contribution in [1.29, 1.82) is 0 Å². The van der Waals surface area contributed by atoms with Gasteiger partial charge >= 0.3 is 0 Å². The van der Waals surface area contributed by atoms with Crippen LogP contribution in [0, 0.1) is 0 Å². The summed E-state index contributed by atoms with van der Waals surface area (Å²) in [6.07, 6.45) is 5.48. The quantitative estimate of drug-likeness (QED) is 0.322. The fraction of sp³-hybridized carbons (Fsp3) is 0.591. The van der Waals surface area contributed by atoms with E-state index in [0.717, 1.165) is 73.7 Å². The van der Waals surface area contributed by atoms with Gasteiger partial charge in [0.2, 0.25) is 0 Å². The van der Waals surface area contributed by atoms with Crippen LogP contribution in [0.5, 0.6) is 11.5 Å². The summed E-state index contributed by atoms with van der Waals surface area (Å²) in [4.78, 5) is 6.78. The number of aliphatic imine (C=N–C) groups is 1. The molecule has 1 saturated heterocycles. The van der Waals surface area contributed by atoms with Crippen LogP contribution in [-0.2, 0) is 19.5 Å². The molecule has 0 unspecified atom stereocenters. The van der Waals surface area contributed by atoms with Crippen molar-refractivity contribution >= 4 is 35.6 Å². The van der Waals surface area contributed by atoms with Gasteiger partial charge in [-0.15, -0.1) is 34.2 Å². The number of hydrogen-bond acceptors (Lipinski definition) is 6. The number of nitrogens with zero attached hydrogens (tertiary/aromatic N) is 5. The highest BCUT2D eigenvalue weighted by Crippen LogP contribution is 2.30. The number of piperidine rings is 1. The molecule has 1 aromatic carbocycles. The SMILES string of the molecule is CN=C(NCc1nnc2n1CCCC2)NC1CCN(c2cc(OC)cc(OC)c2)CC1.I. The zero-order valence-electron chi connectivity index (χ0n) is 19.1. The van der Waals surface area contributed by atoms with Crippen LogP contribution in [0.25, 0.3) is 0 Å². The molecule has 0 atom stereocenters. The Morgan fingerprint density at radius 3 is 2.44 bits per heavy atom. The van der Waals surface area contributed by atoms with Crippen LogP contribution in [0.15, 0.2) is 23.2 Å². The number of aromatic nitrogens is 3. The molecule has 9 nitrogen and oxygen atoms in total. The van der Waals surface area contributed by atoms with Gasteiger partial charge in [-0.1, -0.05) is 0 Å². The van der Waals surface area contributed by atoms with Crippen LogP contribution >= 0.6 is 24.0 Å². The molecule has 0 spiro atoms. The third-order valence-corrected chi connectivity index (χ3v) is 6.11. The molecule has 0 radical (unpaired) electrons. The average molecular weight is 555 g/mol. The number of fused-ring (bicyclic) bond motifs is 1. The number of guanidine groups is 1. The maximum atomic E-state index is 5.41. The first-order valence-electron chi connectivity index (χ1n) is 11.1. The van der Waals surface area contributed by atoms with Crippen molar-refractivity contribution in [2.75, 3.05) is 39.3 Å². The van der Waals surface area contributed by atoms with Gasteiger partial charge in [0, 0.05) is 63.0 Å². The summed E-state index contributed by atoms with van der Waals surface area (Å²) in [5, 5.41) is 15.7. The van der Waals surface area contributed by atoms with E-state index in [4.69, 9.17) is 9.47 Å². The van der Waals surface area contributed by atoms with Gasteiger partial charge < -0.3 is 29.6 Å². The van der Waals surface area contributed by atoms with Crippen LogP contribution in [0.1, 0.15) is 37.3 Å². The number of nitrogens with one attached hydrogen (secondary N) is 2. The lowest BCUT2D eigenvalue weighted by Gasteiger charge is -2.34. The van der Waals surface area contributed by atoms with Crippen LogP contribution in [0.3, 0.4) is 0 Å². The molecular formula is C22H34IN7O2. The number of methoxy groups -OCH3 is 2. The van der Waals surface area contributed by atoms with Gasteiger partial charge in [0.25, 0.3) is 0 Å². The second-order valence-corrected chi connectivity index (χ2v) is 8.04. The molecule has 2 N–H and O–H groups in total. The summed E-state index contributed by atoms with van der Waals surface area (Å²) >= 11 is 0. The van der Waals surface area contributed by atoms with Gasteiger partial charge in [0.15, 0.2) is 11.8 Å². The van der Waals surface area contributed by atoms with Gasteiger partial charge in [-0.05, 0) is 25.7 Å². The smallest absolute Gasteiger partial charge is 0.191 e. The van der Waals surface area contributed by atoms with Gasteiger partial charge in [0.1, 0.15) is 17.3 Å². The second kappa shape index (κ2) is 11.6. The summed E-state index contributed by atoms with van der Waals surface area (Å²) in [6.45, 7) is 3.57. The molecule has 10 heteroatoms. The van der Waals surface area contributed by atoms with Gasteiger partial charge in [-0.25, -0.2) is 0 Å². The molecule has 2 aliphatic heterocycles. The Bertz CT molecular complexity index is 887. The van der Waals surface area contributed by atoms with Crippen LogP contribution in [0.2, 0.25) is 0 Å². The Hall–Kier alpha value is -2.24. The first-order chi connectivity index (χ1) is 15.2. The normalized spacial score (nSPS) is 16.7. The van der Waals surface area contributed by atoms with Crippen molar-refractivity contribution in [2.45, 2.75) is 51.2 Å². The number of hydrogen-bond donors (Lipinski definition) is 2. The molecule has 1 fully saturated rings. The highest BCUT2D eigenvalue weighted by Gasteiger charge is 2.22. The van der Waals surface area contributed by atoms with Crippen molar-refractivity contribution in [2.24, 2.45) is 4.99 Å². The first-order valence-corrected chi connectivity index (χ1v) is 11.1. The summed E-state index contributed by atoms with van der Waals surface area (Å²) < 4.78 is 13.1. The molecule has 176 valence electrons. The predicted octanol–water partition coefficient (Wildman–Crippen LogP) is 2.58. The molecule has 3 heterocycles. The molecule has 0 amide bonds. The van der Waals surface area contributed by atoms with E-state index in [1.165, 1.54) is 12.8 Å². The van der Waals surface area contributed by atoms with E-state index in [2.05, 4.69) is 47.4 Å². The Labute approximate surface area is 207 Å². The van der Waals surface area contributed by atoms with E-state index in [9.17, 15) is 0 Å². The summed E-state index contributed by atoms with van der Waals surface area (Å²) in [5.74, 6) is 4.53. The Morgan fingerprint density at radius 2 is 1.78 bits per heavy atom. The van der Waals surface area contributed by atoms with E-state index >= 15 is 0 Å². The molecule has 4 rings (SSSR count). The van der Waals surface area contributed by atoms with E-state index in [1.54, 1.807) is 14.2 Å². The van der Waals surface area contributed by atoms with E-state index in [1.807, 2.05) is 13.1 Å². The topological polar surface area (TPSA) is 88.8 Å². The Balaban J connectivity index is 0.00000289. The Kier molecular flexibility index (Phi) is 8.83. The van der Waals surface area contributed by atoms with Gasteiger partial charge in [0.05, 0.1) is 20.8 Å². The van der Waals surface area contributed by atoms with Gasteiger partial charge in [-0.2, -0.15) is 0 Å². The van der Waals surface area contributed by atoms with E-state index in [-0.39, 0.29) is 24.0 Å². The molecule has 0 bridgehead atoms. The highest BCUT2D eigenvalue weighted by atomic mass is 127. The maximum absolute atomic E-state index is 5.41. The zero-order valence-corrected chi connectivity index (χ0v) is 21.5. The molecular weight excluding hydrogens is 521 g/mol. The predicted molar refractivity (Wildman–Crippen MR) is 136 cm³/mol. The second-order valence-electron chi connectivity index (χ2n) is 8.04. The molecule has 1 aromatic heterocycles. The molecule has 0 aliphatic carbocycles. The Morgan fingerprint density at radius 1 is 1.06 bits per heavy atom. The zero-order chi connectivity index (χ0) is 21.6. The fourth-order valence-corrected chi connectivity index (χ4v) is 4.31. The van der Waals surface area contributed by atoms with Gasteiger partial charge in [-0.3, -0.25) is 4.99 Å². The fourth-order valence-electron chi connectivity index (χ4n) is 4.31. The summed E-state index contributed by atoms with van der Waals surface area (Å²) in [7, 11) is 5.18. The minimum Gasteiger partial charge on any atom is -0.497 e. The van der Waals surface area contributed by atoms with Crippen molar-refractivity contribution in [3.05, 3.63) is 29.8 Å². The number of anilines is 1. The number of rotatable bonds is 6. The standard InChI is InChI=1S/C22H33N7O2.HI/c1-23-22(24-15-21-27-26-20-6-4-5-9-29(20)21)25-16-7-10-28(11-8-16)17-12-18(30-2)14-19(13-17)31-3;/h12-14,16H,4-11,15H2,1-3H3,(H2,23,24,25);1H. The van der Waals surface area contributed by atoms with E-state index in [0.29, 0.717) is 12.6 Å². The van der Waals surface area contributed by atoms with Crippen molar-refractivity contribution < 1.29 is 9.47 Å². The van der Waals surface area contributed by atoms with Crippen molar-refractivity contribution in [3.63, 3.8) is 0 Å². The van der Waals surface area contributed by atoms with Crippen LogP contribution in [0.4, 0.5) is 5.69 Å². The number of benzene rings is 1. The number of aryl methyl sites for hydroxylation is 1. The third-order valence-electron chi connectivity index (χ3n) is 6.11. The van der Waals surface area contributed by atoms with Crippen LogP contribution in [-0.4, -0.2) is 61.1 Å². The lowest BCUT2D eigenvalue weighted by molar-refractivity contribution is 0.393. The van der Waals surface area contributed by atoms with Crippen molar-refractivity contribution in [1.82, 2.24) is 25.4 Å². The maximum Gasteiger partial charge on any atom is 0.191 e. The van der Waals surface area contributed by atoms with Crippen LogP contribution < -0.4 is 25.0 Å². The molecule has 2 aliphatic rings. The lowest BCUT2D eigenvalue weighted by atomic mass is 10.0. The first kappa shape index (κ1) is 24.4. The monoisotopic (exact) mass is 555 g/mol. The highest BCUT2D eigenvalue weighted by molar-refractivity contribution is 14.0. The number of ether oxygens (including phenoxy) is 2.